The molecular weight excluding hydrogens is 320 g/mol. The number of aromatic nitrogens is 1. The van der Waals surface area contributed by atoms with Crippen molar-refractivity contribution in [1.29, 1.82) is 0 Å². The first kappa shape index (κ1) is 16.7. The van der Waals surface area contributed by atoms with Crippen molar-refractivity contribution in [3.63, 3.8) is 0 Å². The Balaban J connectivity index is 2.33. The van der Waals surface area contributed by atoms with Crippen molar-refractivity contribution in [2.45, 2.75) is 6.42 Å². The molecule has 2 rings (SSSR count). The molecule has 1 aromatic heterocycles. The average Bonchev–Trinajstić information content (AvgIpc) is 2.50. The highest BCUT2D eigenvalue weighted by atomic mass is 16.4. The number of anilines is 1. The number of amides is 1. The van der Waals surface area contributed by atoms with Crippen LogP contribution < -0.4 is 5.32 Å². The molecule has 0 saturated carbocycles. The van der Waals surface area contributed by atoms with Crippen molar-refractivity contribution in [2.24, 2.45) is 0 Å². The van der Waals surface area contributed by atoms with Gasteiger partial charge in [-0.3, -0.25) is 9.59 Å². The van der Waals surface area contributed by atoms with E-state index in [1.807, 2.05) is 0 Å². The van der Waals surface area contributed by atoms with Gasteiger partial charge in [-0.2, -0.15) is 0 Å². The van der Waals surface area contributed by atoms with Crippen LogP contribution in [-0.4, -0.2) is 43.3 Å². The Morgan fingerprint density at radius 2 is 1.79 bits per heavy atom. The zero-order valence-corrected chi connectivity index (χ0v) is 12.1. The van der Waals surface area contributed by atoms with Gasteiger partial charge in [-0.25, -0.2) is 9.78 Å². The van der Waals surface area contributed by atoms with Gasteiger partial charge in [-0.05, 0) is 24.3 Å². The summed E-state index contributed by atoms with van der Waals surface area (Å²) in [5.74, 6) is -4.50. The van der Waals surface area contributed by atoms with Crippen LogP contribution in [-0.2, 0) is 11.2 Å². The van der Waals surface area contributed by atoms with E-state index in [-0.39, 0.29) is 22.6 Å². The van der Waals surface area contributed by atoms with Crippen molar-refractivity contribution in [3.8, 4) is 11.5 Å². The number of nitrogens with one attached hydrogen (secondary N) is 1. The van der Waals surface area contributed by atoms with E-state index in [0.717, 1.165) is 12.1 Å². The van der Waals surface area contributed by atoms with E-state index in [1.165, 1.54) is 18.2 Å². The summed E-state index contributed by atoms with van der Waals surface area (Å²) in [7, 11) is 0. The number of benzene rings is 1. The van der Waals surface area contributed by atoms with Crippen LogP contribution in [0.4, 0.5) is 5.82 Å². The Hall–Kier alpha value is -3.62. The molecule has 9 heteroatoms. The molecule has 0 aliphatic rings. The highest BCUT2D eigenvalue weighted by molar-refractivity contribution is 6.06. The van der Waals surface area contributed by atoms with Crippen molar-refractivity contribution < 1.29 is 34.8 Å². The quantitative estimate of drug-likeness (QED) is 0.509. The molecule has 0 aliphatic heterocycles. The minimum Gasteiger partial charge on any atom is -0.508 e. The van der Waals surface area contributed by atoms with Gasteiger partial charge in [-0.1, -0.05) is 6.07 Å². The molecule has 0 atom stereocenters. The Bertz CT molecular complexity index is 833. The number of rotatable bonds is 5. The fourth-order valence-electron chi connectivity index (χ4n) is 1.96. The summed E-state index contributed by atoms with van der Waals surface area (Å²) < 4.78 is 0. The van der Waals surface area contributed by atoms with Crippen molar-refractivity contribution in [1.82, 2.24) is 4.98 Å². The molecule has 0 saturated heterocycles. The summed E-state index contributed by atoms with van der Waals surface area (Å²) >= 11 is 0. The molecule has 2 aromatic rings. The normalized spacial score (nSPS) is 10.2. The van der Waals surface area contributed by atoms with E-state index in [4.69, 9.17) is 10.2 Å². The Morgan fingerprint density at radius 1 is 1.08 bits per heavy atom. The third kappa shape index (κ3) is 3.77. The highest BCUT2D eigenvalue weighted by Crippen LogP contribution is 2.29. The number of carbonyl (C=O) groups excluding carboxylic acids is 1. The van der Waals surface area contributed by atoms with E-state index in [9.17, 15) is 24.6 Å². The molecule has 9 nitrogen and oxygen atoms in total. The second kappa shape index (κ2) is 6.65. The number of carboxylic acids is 2. The number of aromatic carboxylic acids is 1. The first-order valence-electron chi connectivity index (χ1n) is 6.56. The SMILES string of the molecule is O=C(O)Cc1cc(O)cc(C(=O)Nc2cccc(C(=O)O)n2)c1O. The summed E-state index contributed by atoms with van der Waals surface area (Å²) in [5.41, 5.74) is -0.798. The molecule has 0 spiro atoms. The van der Waals surface area contributed by atoms with Crippen molar-refractivity contribution in [3.05, 3.63) is 47.2 Å². The third-order valence-electron chi connectivity index (χ3n) is 2.97. The number of hydrogen-bond donors (Lipinski definition) is 5. The molecule has 1 aromatic carbocycles. The molecule has 0 unspecified atom stereocenters. The molecule has 0 fully saturated rings. The van der Waals surface area contributed by atoms with Crippen LogP contribution in [0.5, 0.6) is 11.5 Å². The number of phenolic OH excluding ortho intramolecular Hbond substituents is 2. The van der Waals surface area contributed by atoms with E-state index in [0.29, 0.717) is 0 Å². The molecular formula is C15H12N2O7. The lowest BCUT2D eigenvalue weighted by molar-refractivity contribution is -0.136. The zero-order valence-electron chi connectivity index (χ0n) is 12.1. The van der Waals surface area contributed by atoms with Crippen LogP contribution in [0.15, 0.2) is 30.3 Å². The summed E-state index contributed by atoms with van der Waals surface area (Å²) in [6.45, 7) is 0. The lowest BCUT2D eigenvalue weighted by Gasteiger charge is -2.10. The predicted octanol–water partition coefficient (Wildman–Crippen LogP) is 1.07. The van der Waals surface area contributed by atoms with Gasteiger partial charge in [-0.15, -0.1) is 0 Å². The highest BCUT2D eigenvalue weighted by Gasteiger charge is 2.19. The molecule has 24 heavy (non-hydrogen) atoms. The number of aromatic hydroxyl groups is 2. The smallest absolute Gasteiger partial charge is 0.354 e. The van der Waals surface area contributed by atoms with Crippen LogP contribution >= 0.6 is 0 Å². The van der Waals surface area contributed by atoms with Crippen LogP contribution in [0.1, 0.15) is 26.4 Å². The van der Waals surface area contributed by atoms with Gasteiger partial charge in [0.2, 0.25) is 0 Å². The molecule has 124 valence electrons. The number of carbonyl (C=O) groups is 3. The van der Waals surface area contributed by atoms with Crippen LogP contribution in [0, 0.1) is 0 Å². The number of nitrogens with zero attached hydrogens (tertiary/aromatic N) is 1. The Labute approximate surface area is 134 Å². The van der Waals surface area contributed by atoms with Gasteiger partial charge in [0.1, 0.15) is 17.3 Å². The maximum atomic E-state index is 12.2. The van der Waals surface area contributed by atoms with Crippen molar-refractivity contribution in [2.75, 3.05) is 5.32 Å². The summed E-state index contributed by atoms with van der Waals surface area (Å²) in [6.07, 6.45) is -0.590. The fourth-order valence-corrected chi connectivity index (χ4v) is 1.96. The maximum Gasteiger partial charge on any atom is 0.354 e. The first-order chi connectivity index (χ1) is 11.3. The second-order valence-corrected chi connectivity index (χ2v) is 4.74. The summed E-state index contributed by atoms with van der Waals surface area (Å²) in [6, 6.07) is 5.92. The number of aliphatic carboxylic acids is 1. The minimum atomic E-state index is -1.28. The summed E-state index contributed by atoms with van der Waals surface area (Å²) in [4.78, 5) is 37.5. The average molecular weight is 332 g/mol. The van der Waals surface area contributed by atoms with Gasteiger partial charge in [0.15, 0.2) is 5.69 Å². The van der Waals surface area contributed by atoms with Gasteiger partial charge < -0.3 is 25.7 Å². The standard InChI is InChI=1S/C15H12N2O7/c18-8-4-7(5-12(19)20)13(21)9(6-8)14(22)17-11-3-1-2-10(16-11)15(23)24/h1-4,6,18,21H,5H2,(H,19,20)(H,23,24)(H,16,17,22). The van der Waals surface area contributed by atoms with Crippen LogP contribution in [0.2, 0.25) is 0 Å². The van der Waals surface area contributed by atoms with Gasteiger partial charge in [0.05, 0.1) is 12.0 Å². The Morgan fingerprint density at radius 3 is 2.42 bits per heavy atom. The van der Waals surface area contributed by atoms with Gasteiger partial charge in [0, 0.05) is 5.56 Å². The van der Waals surface area contributed by atoms with E-state index in [2.05, 4.69) is 10.3 Å². The molecule has 1 amide bonds. The van der Waals surface area contributed by atoms with Gasteiger partial charge >= 0.3 is 11.9 Å². The number of pyridine rings is 1. The predicted molar refractivity (Wildman–Crippen MR) is 80.3 cm³/mol. The molecule has 1 heterocycles. The fraction of sp³-hybridized carbons (Fsp3) is 0.0667. The molecule has 0 radical (unpaired) electrons. The molecule has 0 aliphatic carbocycles. The van der Waals surface area contributed by atoms with Crippen molar-refractivity contribution >= 4 is 23.7 Å². The minimum absolute atomic E-state index is 0.0811. The Kier molecular flexibility index (Phi) is 4.64. The number of phenols is 2. The van der Waals surface area contributed by atoms with E-state index in [1.54, 1.807) is 0 Å². The monoisotopic (exact) mass is 332 g/mol. The number of hydrogen-bond acceptors (Lipinski definition) is 6. The lowest BCUT2D eigenvalue weighted by atomic mass is 10.0. The first-order valence-corrected chi connectivity index (χ1v) is 6.56. The molecule has 0 bridgehead atoms. The van der Waals surface area contributed by atoms with Crippen LogP contribution in [0.25, 0.3) is 0 Å². The second-order valence-electron chi connectivity index (χ2n) is 4.74. The molecule has 5 N–H and O–H groups in total. The lowest BCUT2D eigenvalue weighted by Crippen LogP contribution is -2.15. The van der Waals surface area contributed by atoms with Gasteiger partial charge in [0.25, 0.3) is 5.91 Å². The maximum absolute atomic E-state index is 12.2. The van der Waals surface area contributed by atoms with Crippen LogP contribution in [0.3, 0.4) is 0 Å². The van der Waals surface area contributed by atoms with E-state index < -0.39 is 35.8 Å². The largest absolute Gasteiger partial charge is 0.508 e. The number of carboxylic acid groups (broad SMARTS) is 2. The topological polar surface area (TPSA) is 157 Å². The third-order valence-corrected chi connectivity index (χ3v) is 2.97. The van der Waals surface area contributed by atoms with E-state index >= 15 is 0 Å². The zero-order chi connectivity index (χ0) is 17.9. The summed E-state index contributed by atoms with van der Waals surface area (Å²) in [5, 5.41) is 39.5.